The molecule has 0 atom stereocenters. The van der Waals surface area contributed by atoms with Crippen LogP contribution in [0, 0.1) is 5.92 Å². The number of hydrogen-bond acceptors (Lipinski definition) is 8. The van der Waals surface area contributed by atoms with E-state index in [1.165, 1.54) is 0 Å². The van der Waals surface area contributed by atoms with Crippen LogP contribution < -0.4 is 10.1 Å². The first-order valence-electron chi connectivity index (χ1n) is 12.6. The smallest absolute Gasteiger partial charge is 0.306 e. The molecule has 1 aliphatic heterocycles. The average molecular weight is 471 g/mol. The predicted molar refractivity (Wildman–Crippen MR) is 126 cm³/mol. The minimum atomic E-state index is -0.702. The van der Waals surface area contributed by atoms with Gasteiger partial charge in [-0.05, 0) is 57.3 Å². The van der Waals surface area contributed by atoms with Crippen molar-refractivity contribution in [2.24, 2.45) is 5.92 Å². The van der Waals surface area contributed by atoms with Crippen LogP contribution in [0.1, 0.15) is 75.7 Å². The number of nitrogens with one attached hydrogen (secondary N) is 1. The van der Waals surface area contributed by atoms with E-state index in [9.17, 15) is 15.0 Å². The van der Waals surface area contributed by atoms with E-state index in [0.717, 1.165) is 67.8 Å². The first kappa shape index (κ1) is 23.2. The molecule has 0 bridgehead atoms. The van der Waals surface area contributed by atoms with E-state index in [2.05, 4.69) is 15.3 Å². The van der Waals surface area contributed by atoms with Gasteiger partial charge in [0.05, 0.1) is 36.1 Å². The molecule has 1 saturated heterocycles. The molecule has 0 unspecified atom stereocenters. The third-order valence-electron chi connectivity index (χ3n) is 7.61. The monoisotopic (exact) mass is 470 g/mol. The van der Waals surface area contributed by atoms with E-state index in [4.69, 9.17) is 14.5 Å². The topological polar surface area (TPSA) is 127 Å². The fraction of sp³-hybridized carbons (Fsp3) is 0.680. The third-order valence-corrected chi connectivity index (χ3v) is 7.61. The molecule has 3 N–H and O–H groups in total. The molecule has 0 aromatic carbocycles. The lowest BCUT2D eigenvalue weighted by Crippen LogP contribution is -2.30. The number of hydrogen-bond donors (Lipinski definition) is 3. The number of pyridine rings is 1. The molecule has 5 rings (SSSR count). The lowest BCUT2D eigenvalue weighted by atomic mass is 9.83. The molecule has 3 aliphatic rings. The quantitative estimate of drug-likeness (QED) is 0.580. The summed E-state index contributed by atoms with van der Waals surface area (Å²) in [6, 6.07) is 0.168. The Hall–Kier alpha value is -2.52. The Morgan fingerprint density at radius 2 is 1.71 bits per heavy atom. The van der Waals surface area contributed by atoms with Crippen LogP contribution in [0.5, 0.6) is 5.88 Å². The van der Waals surface area contributed by atoms with Crippen molar-refractivity contribution in [1.82, 2.24) is 15.0 Å². The first-order valence-corrected chi connectivity index (χ1v) is 12.6. The van der Waals surface area contributed by atoms with Gasteiger partial charge in [-0.3, -0.25) is 4.79 Å². The van der Waals surface area contributed by atoms with Crippen molar-refractivity contribution in [2.45, 2.75) is 88.4 Å². The van der Waals surface area contributed by atoms with Crippen LogP contribution in [0.2, 0.25) is 0 Å². The summed E-state index contributed by atoms with van der Waals surface area (Å²) in [5.41, 5.74) is 1.94. The van der Waals surface area contributed by atoms with Crippen LogP contribution in [0.4, 0.5) is 5.95 Å². The van der Waals surface area contributed by atoms with Gasteiger partial charge in [0.15, 0.2) is 0 Å². The molecule has 9 heteroatoms. The number of fused-ring (bicyclic) bond motifs is 1. The second kappa shape index (κ2) is 10.4. The zero-order chi connectivity index (χ0) is 23.5. The van der Waals surface area contributed by atoms with Crippen LogP contribution in [0.25, 0.3) is 10.9 Å². The molecule has 34 heavy (non-hydrogen) atoms. The Morgan fingerprint density at radius 1 is 0.971 bits per heavy atom. The molecule has 2 aromatic rings. The zero-order valence-corrected chi connectivity index (χ0v) is 19.5. The van der Waals surface area contributed by atoms with Gasteiger partial charge in [-0.1, -0.05) is 0 Å². The Morgan fingerprint density at radius 3 is 2.41 bits per heavy atom. The summed E-state index contributed by atoms with van der Waals surface area (Å²) in [4.78, 5) is 25.5. The number of aromatic nitrogens is 3. The molecule has 2 saturated carbocycles. The molecule has 0 amide bonds. The van der Waals surface area contributed by atoms with Crippen LogP contribution in [-0.2, 0) is 9.53 Å². The average Bonchev–Trinajstić information content (AvgIpc) is 2.86. The van der Waals surface area contributed by atoms with Crippen molar-refractivity contribution < 1.29 is 24.5 Å². The highest BCUT2D eigenvalue weighted by Gasteiger charge is 2.28. The first-order chi connectivity index (χ1) is 16.6. The van der Waals surface area contributed by atoms with Crippen molar-refractivity contribution in [3.05, 3.63) is 18.0 Å². The van der Waals surface area contributed by atoms with Crippen molar-refractivity contribution in [2.75, 3.05) is 18.5 Å². The van der Waals surface area contributed by atoms with Gasteiger partial charge in [-0.2, -0.15) is 0 Å². The van der Waals surface area contributed by atoms with Gasteiger partial charge in [0.2, 0.25) is 11.8 Å². The minimum Gasteiger partial charge on any atom is -0.481 e. The summed E-state index contributed by atoms with van der Waals surface area (Å²) in [5.74, 6) is 0.470. The van der Waals surface area contributed by atoms with Gasteiger partial charge < -0.3 is 25.0 Å². The second-order valence-electron chi connectivity index (χ2n) is 9.94. The highest BCUT2D eigenvalue weighted by Crippen LogP contribution is 2.38. The van der Waals surface area contributed by atoms with E-state index in [1.807, 2.05) is 6.20 Å². The minimum absolute atomic E-state index is 0.0716. The Labute approximate surface area is 199 Å². The number of nitrogens with zero attached hydrogens (tertiary/aromatic N) is 3. The van der Waals surface area contributed by atoms with E-state index in [1.54, 1.807) is 6.20 Å². The van der Waals surface area contributed by atoms with Crippen molar-refractivity contribution >= 4 is 22.8 Å². The molecule has 184 valence electrons. The maximum Gasteiger partial charge on any atom is 0.306 e. The van der Waals surface area contributed by atoms with Gasteiger partial charge in [0.1, 0.15) is 6.10 Å². The van der Waals surface area contributed by atoms with Crippen LogP contribution >= 0.6 is 0 Å². The van der Waals surface area contributed by atoms with Crippen LogP contribution in [0.3, 0.4) is 0 Å². The summed E-state index contributed by atoms with van der Waals surface area (Å²) < 4.78 is 11.7. The van der Waals surface area contributed by atoms with Crippen molar-refractivity contribution in [3.63, 3.8) is 0 Å². The molecule has 0 radical (unpaired) electrons. The van der Waals surface area contributed by atoms with Gasteiger partial charge in [-0.25, -0.2) is 15.0 Å². The van der Waals surface area contributed by atoms with E-state index < -0.39 is 5.97 Å². The van der Waals surface area contributed by atoms with E-state index in [0.29, 0.717) is 43.8 Å². The van der Waals surface area contributed by atoms with Crippen LogP contribution in [-0.4, -0.2) is 62.6 Å². The number of aliphatic hydroxyl groups excluding tert-OH is 1. The van der Waals surface area contributed by atoms with Gasteiger partial charge in [0.25, 0.3) is 0 Å². The largest absolute Gasteiger partial charge is 0.481 e. The molecule has 0 spiro atoms. The standard InChI is InChI=1S/C25H34N4O5/c30-18-7-3-15(4-8-18)20-13-26-23(34-19-9-11-33-12-10-19)21-14-27-25(29-22(20)21)28-17-5-1-16(2-6-17)24(31)32/h13-19,30H,1-12H2,(H,31,32)(H,27,28,29)/t15-,16-,17-,18-. The predicted octanol–water partition coefficient (Wildman–Crippen LogP) is 3.66. The molecule has 9 nitrogen and oxygen atoms in total. The number of carboxylic acid groups (broad SMARTS) is 1. The number of anilines is 1. The number of carbonyl (C=O) groups is 1. The molecule has 3 fully saturated rings. The van der Waals surface area contributed by atoms with Crippen molar-refractivity contribution in [3.8, 4) is 5.88 Å². The summed E-state index contributed by atoms with van der Waals surface area (Å²) in [6.45, 7) is 1.39. The third kappa shape index (κ3) is 5.25. The number of carboxylic acids is 1. The molecule has 3 heterocycles. The highest BCUT2D eigenvalue weighted by atomic mass is 16.5. The van der Waals surface area contributed by atoms with E-state index >= 15 is 0 Å². The Balaban J connectivity index is 1.41. The van der Waals surface area contributed by atoms with Gasteiger partial charge in [-0.15, -0.1) is 0 Å². The van der Waals surface area contributed by atoms with Gasteiger partial charge >= 0.3 is 5.97 Å². The van der Waals surface area contributed by atoms with Gasteiger partial charge in [0, 0.05) is 36.8 Å². The normalized spacial score (nSPS) is 28.5. The maximum absolute atomic E-state index is 11.3. The number of aliphatic carboxylic acids is 1. The Bertz CT molecular complexity index is 996. The molecular weight excluding hydrogens is 436 g/mol. The van der Waals surface area contributed by atoms with Crippen molar-refractivity contribution in [1.29, 1.82) is 0 Å². The summed E-state index contributed by atoms with van der Waals surface area (Å²) in [6.07, 6.45) is 11.5. The second-order valence-corrected chi connectivity index (χ2v) is 9.94. The highest BCUT2D eigenvalue weighted by molar-refractivity contribution is 5.86. The fourth-order valence-corrected chi connectivity index (χ4v) is 5.49. The molecule has 2 aromatic heterocycles. The van der Waals surface area contributed by atoms with E-state index in [-0.39, 0.29) is 24.2 Å². The maximum atomic E-state index is 11.3. The zero-order valence-electron chi connectivity index (χ0n) is 19.5. The molecular formula is C25H34N4O5. The summed E-state index contributed by atoms with van der Waals surface area (Å²) in [7, 11) is 0. The summed E-state index contributed by atoms with van der Waals surface area (Å²) in [5, 5.41) is 23.5. The van der Waals surface area contributed by atoms with Crippen LogP contribution in [0.15, 0.2) is 12.4 Å². The SMILES string of the molecule is O=C(O)[C@H]1CC[C@H](Nc2ncc3c(OC4CCOCC4)ncc([C@H]4CC[C@H](O)CC4)c3n2)CC1. The summed E-state index contributed by atoms with van der Waals surface area (Å²) >= 11 is 0. The number of rotatable bonds is 6. The lowest BCUT2D eigenvalue weighted by Gasteiger charge is -2.28. The number of ether oxygens (including phenoxy) is 2. The fourth-order valence-electron chi connectivity index (χ4n) is 5.49. The Kier molecular flexibility index (Phi) is 7.10. The number of aliphatic hydroxyl groups is 1. The molecule has 2 aliphatic carbocycles. The lowest BCUT2D eigenvalue weighted by molar-refractivity contribution is -0.142.